The van der Waals surface area contributed by atoms with Crippen LogP contribution in [0.1, 0.15) is 65.7 Å². The molecule has 0 radical (unpaired) electrons. The van der Waals surface area contributed by atoms with Crippen molar-refractivity contribution in [3.8, 4) is 80.9 Å². The molecule has 14 aromatic rings. The number of nitrogens with zero attached hydrogens (tertiary/aromatic N) is 11. The number of nitro groups is 3. The number of ether oxygens (including phenoxy) is 8. The number of rotatable bonds is 20. The minimum Gasteiger partial charge on any atom is -0.508 e. The van der Waals surface area contributed by atoms with Crippen molar-refractivity contribution in [2.24, 2.45) is 0 Å². The van der Waals surface area contributed by atoms with Crippen molar-refractivity contribution in [2.75, 3.05) is 56.8 Å². The number of aromatic hydroxyl groups is 1. The largest absolute Gasteiger partial charge is 0.508 e. The van der Waals surface area contributed by atoms with Gasteiger partial charge in [0.25, 0.3) is 17.1 Å². The first-order valence-corrected chi connectivity index (χ1v) is 37.1. The molecule has 9 aromatic carbocycles. The van der Waals surface area contributed by atoms with Gasteiger partial charge in [-0.3, -0.25) is 39.9 Å². The summed E-state index contributed by atoms with van der Waals surface area (Å²) in [6, 6.07) is 57.4. The van der Waals surface area contributed by atoms with Gasteiger partial charge in [-0.05, 0) is 181 Å². The summed E-state index contributed by atoms with van der Waals surface area (Å²) < 4.78 is 51.7. The molecule has 5 heterocycles. The zero-order chi connectivity index (χ0) is 83.2. The van der Waals surface area contributed by atoms with Gasteiger partial charge in [0, 0.05) is 107 Å². The molecule has 0 unspecified atom stereocenters. The maximum atomic E-state index is 11.8. The van der Waals surface area contributed by atoms with Gasteiger partial charge in [0.1, 0.15) is 70.4 Å². The number of hydrogen-bond acceptors (Lipinski definition) is 20. The smallest absolute Gasteiger partial charge is 0.308 e. The number of esters is 2. The fourth-order valence-electron chi connectivity index (χ4n) is 13.5. The van der Waals surface area contributed by atoms with Crippen LogP contribution in [0.25, 0.3) is 77.3 Å². The number of hydrogen-bond donors (Lipinski definition) is 1. The summed E-state index contributed by atoms with van der Waals surface area (Å²) in [6.07, 6.45) is 3.72. The van der Waals surface area contributed by atoms with Gasteiger partial charge in [-0.25, -0.2) is 0 Å². The van der Waals surface area contributed by atoms with Crippen molar-refractivity contribution < 1.29 is 67.4 Å². The Morgan fingerprint density at radius 2 is 0.922 bits per heavy atom. The topological polar surface area (TPSA) is 333 Å². The Labute approximate surface area is 674 Å². The summed E-state index contributed by atoms with van der Waals surface area (Å²) in [7, 11) is 13.4. The predicted molar refractivity (Wildman–Crippen MR) is 447 cm³/mol. The van der Waals surface area contributed by atoms with Crippen LogP contribution in [0.15, 0.2) is 188 Å². The second kappa shape index (κ2) is 36.9. The average molecular weight is 1670 g/mol. The highest BCUT2D eigenvalue weighted by Gasteiger charge is 2.31. The molecule has 0 amide bonds. The van der Waals surface area contributed by atoms with Crippen LogP contribution >= 0.6 is 22.6 Å². The van der Waals surface area contributed by atoms with E-state index in [-0.39, 0.29) is 45.0 Å². The van der Waals surface area contributed by atoms with Crippen LogP contribution in [-0.2, 0) is 38.4 Å². The van der Waals surface area contributed by atoms with E-state index in [2.05, 4.69) is 46.2 Å². The van der Waals surface area contributed by atoms with Crippen LogP contribution in [-0.4, -0.2) is 116 Å². The first-order chi connectivity index (χ1) is 55.2. The summed E-state index contributed by atoms with van der Waals surface area (Å²) in [5.41, 5.74) is 12.2. The maximum absolute atomic E-state index is 11.8. The normalized spacial score (nSPS) is 10.7. The Bertz CT molecular complexity index is 6070. The van der Waals surface area contributed by atoms with Crippen LogP contribution in [0.4, 0.5) is 17.1 Å². The van der Waals surface area contributed by atoms with Gasteiger partial charge in [-0.2, -0.15) is 10.5 Å². The molecule has 0 saturated heterocycles. The second-order valence-corrected chi connectivity index (χ2v) is 26.9. The van der Waals surface area contributed by atoms with Crippen LogP contribution < -0.4 is 33.2 Å². The lowest BCUT2D eigenvalue weighted by Gasteiger charge is -2.14. The molecule has 590 valence electrons. The zero-order valence-corrected chi connectivity index (χ0v) is 67.7. The number of carbonyl (C=O) groups excluding carboxylic acids is 2. The van der Waals surface area contributed by atoms with Crippen molar-refractivity contribution in [1.82, 2.24) is 27.7 Å². The van der Waals surface area contributed by atoms with Gasteiger partial charge in [-0.15, -0.1) is 0 Å². The molecule has 0 aliphatic carbocycles. The highest BCUT2D eigenvalue weighted by molar-refractivity contribution is 14.1. The maximum Gasteiger partial charge on any atom is 0.308 e. The highest BCUT2D eigenvalue weighted by Crippen LogP contribution is 2.43. The minimum absolute atomic E-state index is 0.0517. The minimum atomic E-state index is -0.548. The molecule has 0 atom stereocenters. The van der Waals surface area contributed by atoms with Gasteiger partial charge >= 0.3 is 11.9 Å². The molecule has 0 fully saturated rings. The first-order valence-electron chi connectivity index (χ1n) is 35.6. The fraction of sp³-hybridized carbons (Fsp3) is 0.209. The third kappa shape index (κ3) is 18.0. The van der Waals surface area contributed by atoms with Gasteiger partial charge < -0.3 is 70.7 Å². The van der Waals surface area contributed by atoms with Gasteiger partial charge in [0.05, 0.1) is 129 Å². The number of aryl methyl sites for hydroxylation is 2. The first kappa shape index (κ1) is 83.6. The number of aromatic nitrogens is 5. The third-order valence-electron chi connectivity index (χ3n) is 18.8. The molecule has 0 aliphatic heterocycles. The Morgan fingerprint density at radius 1 is 0.496 bits per heavy atom. The molecule has 14 rings (SSSR count). The lowest BCUT2D eigenvalue weighted by Crippen LogP contribution is -2.10. The lowest BCUT2D eigenvalue weighted by molar-refractivity contribution is -0.383. The Kier molecular flexibility index (Phi) is 26.8. The number of fused-ring (bicyclic) bond motifs is 5. The highest BCUT2D eigenvalue weighted by atomic mass is 127. The van der Waals surface area contributed by atoms with Crippen molar-refractivity contribution in [1.29, 1.82) is 10.5 Å². The van der Waals surface area contributed by atoms with E-state index in [9.17, 15) is 50.3 Å². The molecule has 0 bridgehead atoms. The number of phenols is 1. The van der Waals surface area contributed by atoms with Gasteiger partial charge in [0.2, 0.25) is 0 Å². The van der Waals surface area contributed by atoms with E-state index in [1.807, 2.05) is 175 Å². The molecule has 0 spiro atoms. The van der Waals surface area contributed by atoms with Crippen LogP contribution in [0.5, 0.6) is 46.0 Å². The van der Waals surface area contributed by atoms with E-state index in [0.29, 0.717) is 89.1 Å². The van der Waals surface area contributed by atoms with Crippen molar-refractivity contribution in [2.45, 2.75) is 65.7 Å². The Balaban J connectivity index is 0.000000154. The standard InChI is InChI=1S/C21H20N2O6.C19H21N3O4.C17H15IN2O4.C17H14N2O2.C12H12N2O/c1-12-5-7-16(8-6-12)22-13(2)20(23(26)27)17-9-10-19(29-15(4)25)18(21(17)22)11-28-14(3)24;1-12-19(22(24)25)16-9-13(11-20(2)3)18(23)10-17(16)21(12)14-5-7-15(26-4)8-6-14;1-23-12-5-3-11(4-6-12)19-15-9-13(24-2)7-8-14(15)17(20(21)22)16(19)10-18;1-20-14-5-3-13(4-6-14)19-11-12(10-18)16-8-7-15(21-2)9-17(16)19;1-3-14-8-9(7-13)11-5-4-10(15-2)6-12(11)14/h5-10H,11H2,1-4H3;5-10,23H,11H2,1-4H3;3-9H,10H2,1-2H3;3-9,11H,1-2H3;4-6,8H,3H2,1-2H3. The second-order valence-electron chi connectivity index (χ2n) is 26.2. The monoisotopic (exact) mass is 1670 g/mol. The molecule has 115 heavy (non-hydrogen) atoms. The van der Waals surface area contributed by atoms with Crippen LogP contribution in [0.3, 0.4) is 0 Å². The van der Waals surface area contributed by atoms with E-state index in [0.717, 1.165) is 85.1 Å². The number of benzene rings is 9. The van der Waals surface area contributed by atoms with Crippen LogP contribution in [0, 0.1) is 73.8 Å². The number of halogens is 1. The molecule has 0 saturated carbocycles. The van der Waals surface area contributed by atoms with Crippen LogP contribution in [0.2, 0.25) is 0 Å². The quantitative estimate of drug-likeness (QED) is 0.0185. The lowest BCUT2D eigenvalue weighted by atomic mass is 10.1. The molecular formula is C86H82IN11O17. The van der Waals surface area contributed by atoms with Crippen molar-refractivity contribution in [3.05, 3.63) is 264 Å². The Hall–Kier alpha value is -13.9. The molecule has 28 nitrogen and oxygen atoms in total. The third-order valence-corrected chi connectivity index (χ3v) is 19.6. The Morgan fingerprint density at radius 3 is 1.40 bits per heavy atom. The van der Waals surface area contributed by atoms with E-state index >= 15 is 0 Å². The number of alkyl halides is 1. The summed E-state index contributed by atoms with van der Waals surface area (Å²) in [4.78, 5) is 58.9. The summed E-state index contributed by atoms with van der Waals surface area (Å²) in [5.74, 6) is 3.72. The number of carbonyl (C=O) groups is 2. The van der Waals surface area contributed by atoms with Crippen molar-refractivity contribution >= 4 is 106 Å². The average Bonchev–Trinajstić information content (AvgIpc) is 1.62. The van der Waals surface area contributed by atoms with Crippen molar-refractivity contribution in [3.63, 3.8) is 0 Å². The number of methoxy groups -OCH3 is 6. The van der Waals surface area contributed by atoms with Gasteiger partial charge in [0.15, 0.2) is 0 Å². The molecule has 1 N–H and O–H groups in total. The summed E-state index contributed by atoms with van der Waals surface area (Å²) in [5, 5.41) is 67.2. The van der Waals surface area contributed by atoms with E-state index in [4.69, 9.17) is 43.2 Å². The number of nitriles is 2. The van der Waals surface area contributed by atoms with E-state index in [1.54, 1.807) is 108 Å². The number of phenolic OH excluding ortho intramolecular Hbond substituents is 1. The predicted octanol–water partition coefficient (Wildman–Crippen LogP) is 18.3. The SMILES string of the molecule is CC(=O)OCc1c(OC(C)=O)ccc2c([N+](=O)[O-])c(C)n(-c3ccc(C)cc3)c12.CCn1cc(C#N)c2ccc(OC)cc21.COc1ccc(-n2c(C)c([N+](=O)[O-])c3cc(CN(C)C)c(O)cc32)cc1.COc1ccc(-n2c(CI)c([N+](=O)[O-])c3ccc(OC)cc32)cc1.COc1ccc(-n2cc(C#N)c3ccc(OC)cc32)cc1. The molecular weight excluding hydrogens is 1590 g/mol. The zero-order valence-electron chi connectivity index (χ0n) is 65.5. The summed E-state index contributed by atoms with van der Waals surface area (Å²) in [6.45, 7) is 11.0. The fourth-order valence-corrected chi connectivity index (χ4v) is 14.2. The molecule has 29 heteroatoms. The molecule has 0 aliphatic rings. The van der Waals surface area contributed by atoms with E-state index < -0.39 is 16.9 Å². The summed E-state index contributed by atoms with van der Waals surface area (Å²) >= 11 is 2.15. The van der Waals surface area contributed by atoms with E-state index in [1.165, 1.54) is 19.9 Å². The van der Waals surface area contributed by atoms with Gasteiger partial charge in [-0.1, -0.05) is 40.3 Å². The molecule has 5 aromatic heterocycles.